The van der Waals surface area contributed by atoms with Gasteiger partial charge in [0.2, 0.25) is 5.91 Å². The van der Waals surface area contributed by atoms with Crippen LogP contribution in [-0.2, 0) is 11.2 Å². The summed E-state index contributed by atoms with van der Waals surface area (Å²) in [6.45, 7) is 5.31. The Morgan fingerprint density at radius 2 is 2.08 bits per heavy atom. The van der Waals surface area contributed by atoms with Crippen molar-refractivity contribution < 1.29 is 4.79 Å². The van der Waals surface area contributed by atoms with E-state index >= 15 is 0 Å². The molecule has 2 heterocycles. The number of nitriles is 2. The predicted molar refractivity (Wildman–Crippen MR) is 101 cm³/mol. The van der Waals surface area contributed by atoms with Gasteiger partial charge in [-0.25, -0.2) is 4.98 Å². The maximum Gasteiger partial charge on any atom is 0.266 e. The molecular formula is C17H17N5O2S2. The van der Waals surface area contributed by atoms with Gasteiger partial charge in [-0.3, -0.25) is 9.59 Å². The molecule has 2 aromatic heterocycles. The van der Waals surface area contributed by atoms with E-state index in [9.17, 15) is 9.59 Å². The molecular weight excluding hydrogens is 370 g/mol. The molecule has 0 fully saturated rings. The number of rotatable bonds is 6. The fraction of sp³-hybridized carbons (Fsp3) is 0.353. The molecule has 0 atom stereocenters. The normalized spacial score (nSPS) is 10.2. The summed E-state index contributed by atoms with van der Waals surface area (Å²) in [5.41, 5.74) is 2.55. The minimum atomic E-state index is -0.406. The predicted octanol–water partition coefficient (Wildman–Crippen LogP) is 2.82. The third-order valence-electron chi connectivity index (χ3n) is 3.79. The fourth-order valence-corrected chi connectivity index (χ4v) is 4.32. The van der Waals surface area contributed by atoms with Crippen molar-refractivity contribution in [1.82, 2.24) is 9.97 Å². The van der Waals surface area contributed by atoms with Crippen LogP contribution in [0.25, 0.3) is 0 Å². The maximum atomic E-state index is 12.2. The van der Waals surface area contributed by atoms with Gasteiger partial charge >= 0.3 is 0 Å². The molecule has 26 heavy (non-hydrogen) atoms. The third-order valence-corrected chi connectivity index (χ3v) is 6.09. The molecule has 7 nitrogen and oxygen atoms in total. The number of aromatic amines is 1. The first kappa shape index (κ1) is 19.7. The number of anilines is 1. The molecule has 0 radical (unpaired) electrons. The van der Waals surface area contributed by atoms with Crippen molar-refractivity contribution in [1.29, 1.82) is 10.5 Å². The van der Waals surface area contributed by atoms with Crippen LogP contribution in [0.15, 0.2) is 9.00 Å². The molecule has 134 valence electrons. The number of H-pyrrole nitrogens is 1. The molecule has 0 aromatic carbocycles. The lowest BCUT2D eigenvalue weighted by molar-refractivity contribution is -0.116. The summed E-state index contributed by atoms with van der Waals surface area (Å²) in [4.78, 5) is 30.9. The number of pyridine rings is 1. The van der Waals surface area contributed by atoms with E-state index in [1.165, 1.54) is 23.1 Å². The minimum absolute atomic E-state index is 0.0840. The van der Waals surface area contributed by atoms with E-state index in [-0.39, 0.29) is 17.9 Å². The lowest BCUT2D eigenvalue weighted by Crippen LogP contribution is -2.18. The molecule has 9 heteroatoms. The first-order valence-electron chi connectivity index (χ1n) is 7.76. The summed E-state index contributed by atoms with van der Waals surface area (Å²) in [5.74, 6) is 0.140. The Labute approximate surface area is 159 Å². The molecule has 0 saturated carbocycles. The maximum absolute atomic E-state index is 12.2. The Morgan fingerprint density at radius 3 is 2.73 bits per heavy atom. The van der Waals surface area contributed by atoms with Crippen LogP contribution in [0, 0.1) is 43.4 Å². The molecule has 0 unspecified atom stereocenters. The number of nitrogens with one attached hydrogen (secondary N) is 2. The first-order chi connectivity index (χ1) is 12.4. The second kappa shape index (κ2) is 8.65. The largest absolute Gasteiger partial charge is 0.325 e. The van der Waals surface area contributed by atoms with Crippen molar-refractivity contribution >= 4 is 34.1 Å². The van der Waals surface area contributed by atoms with Crippen molar-refractivity contribution in [3.8, 4) is 12.1 Å². The first-order valence-corrected chi connectivity index (χ1v) is 9.57. The Hall–Kier alpha value is -2.62. The van der Waals surface area contributed by atoms with Crippen molar-refractivity contribution in [2.75, 3.05) is 11.1 Å². The molecule has 0 spiro atoms. The zero-order valence-electron chi connectivity index (χ0n) is 14.6. The number of nitrogens with zero attached hydrogens (tertiary/aromatic N) is 3. The summed E-state index contributed by atoms with van der Waals surface area (Å²) < 4.78 is 0.910. The number of amides is 1. The van der Waals surface area contributed by atoms with Gasteiger partial charge in [-0.1, -0.05) is 23.1 Å². The number of hydrogen-bond acceptors (Lipinski definition) is 7. The van der Waals surface area contributed by atoms with Gasteiger partial charge in [0.1, 0.15) is 11.6 Å². The van der Waals surface area contributed by atoms with Crippen molar-refractivity contribution in [3.05, 3.63) is 38.4 Å². The van der Waals surface area contributed by atoms with E-state index in [0.717, 1.165) is 15.5 Å². The summed E-state index contributed by atoms with van der Waals surface area (Å²) in [6, 6.07) is 3.97. The molecule has 2 aromatic rings. The number of thiazole rings is 1. The highest BCUT2D eigenvalue weighted by Crippen LogP contribution is 2.31. The van der Waals surface area contributed by atoms with Crippen molar-refractivity contribution in [2.45, 2.75) is 37.8 Å². The Morgan fingerprint density at radius 1 is 1.35 bits per heavy atom. The van der Waals surface area contributed by atoms with Gasteiger partial charge < -0.3 is 10.3 Å². The van der Waals surface area contributed by atoms with Gasteiger partial charge in [-0.05, 0) is 38.3 Å². The minimum Gasteiger partial charge on any atom is -0.325 e. The third kappa shape index (κ3) is 4.51. The molecule has 1 amide bonds. The van der Waals surface area contributed by atoms with Crippen LogP contribution in [0.1, 0.15) is 34.5 Å². The van der Waals surface area contributed by atoms with Crippen LogP contribution in [0.2, 0.25) is 0 Å². The zero-order chi connectivity index (χ0) is 19.3. The van der Waals surface area contributed by atoms with Gasteiger partial charge in [0.05, 0.1) is 21.7 Å². The SMILES string of the molecule is Cc1nc(NC(=O)CCc2c(C)[nH]c(=O)c(C#N)c2C)sc1SCC#N. The van der Waals surface area contributed by atoms with Crippen LogP contribution in [0.3, 0.4) is 0 Å². The van der Waals surface area contributed by atoms with E-state index < -0.39 is 5.56 Å². The van der Waals surface area contributed by atoms with Crippen LogP contribution < -0.4 is 10.9 Å². The second-order valence-electron chi connectivity index (χ2n) is 5.56. The number of aryl methyl sites for hydroxylation is 2. The van der Waals surface area contributed by atoms with Crippen LogP contribution >= 0.6 is 23.1 Å². The highest BCUT2D eigenvalue weighted by molar-refractivity contribution is 8.01. The smallest absolute Gasteiger partial charge is 0.266 e. The number of carbonyl (C=O) groups is 1. The summed E-state index contributed by atoms with van der Waals surface area (Å²) >= 11 is 2.74. The molecule has 0 saturated heterocycles. The van der Waals surface area contributed by atoms with Crippen LogP contribution in [-0.4, -0.2) is 21.6 Å². The van der Waals surface area contributed by atoms with Crippen LogP contribution in [0.5, 0.6) is 0 Å². The van der Waals surface area contributed by atoms with E-state index in [1.54, 1.807) is 13.8 Å². The van der Waals surface area contributed by atoms with Gasteiger partial charge in [-0.15, -0.1) is 0 Å². The fourth-order valence-electron chi connectivity index (χ4n) is 2.51. The van der Waals surface area contributed by atoms with Crippen LogP contribution in [0.4, 0.5) is 5.13 Å². The van der Waals surface area contributed by atoms with Gasteiger partial charge in [0, 0.05) is 12.1 Å². The van der Waals surface area contributed by atoms with E-state index in [4.69, 9.17) is 10.5 Å². The number of carbonyl (C=O) groups excluding carboxylic acids is 1. The topological polar surface area (TPSA) is 122 Å². The Bertz CT molecular complexity index is 979. The number of thioether (sulfide) groups is 1. The monoisotopic (exact) mass is 387 g/mol. The quantitative estimate of drug-likeness (QED) is 0.735. The van der Waals surface area contributed by atoms with Gasteiger partial charge in [0.15, 0.2) is 5.13 Å². The molecule has 2 N–H and O–H groups in total. The molecule has 0 bridgehead atoms. The lowest BCUT2D eigenvalue weighted by Gasteiger charge is -2.10. The number of aromatic nitrogens is 2. The summed E-state index contributed by atoms with van der Waals surface area (Å²) in [7, 11) is 0. The second-order valence-corrected chi connectivity index (χ2v) is 7.80. The van der Waals surface area contributed by atoms with Crippen molar-refractivity contribution in [3.63, 3.8) is 0 Å². The average Bonchev–Trinajstić information content (AvgIpc) is 2.92. The molecule has 2 rings (SSSR count). The van der Waals surface area contributed by atoms with Gasteiger partial charge in [-0.2, -0.15) is 10.5 Å². The molecule has 0 aliphatic heterocycles. The highest BCUT2D eigenvalue weighted by atomic mass is 32.2. The highest BCUT2D eigenvalue weighted by Gasteiger charge is 2.15. The van der Waals surface area contributed by atoms with E-state index in [1.807, 2.05) is 13.0 Å². The summed E-state index contributed by atoms with van der Waals surface area (Å²) in [5, 5.41) is 21.0. The summed E-state index contributed by atoms with van der Waals surface area (Å²) in [6.07, 6.45) is 0.618. The molecule has 0 aliphatic rings. The number of hydrogen-bond donors (Lipinski definition) is 2. The lowest BCUT2D eigenvalue weighted by atomic mass is 9.99. The van der Waals surface area contributed by atoms with Gasteiger partial charge in [0.25, 0.3) is 5.56 Å². The van der Waals surface area contributed by atoms with Crippen molar-refractivity contribution in [2.24, 2.45) is 0 Å². The Kier molecular flexibility index (Phi) is 6.56. The zero-order valence-corrected chi connectivity index (χ0v) is 16.2. The standard InChI is InChI=1S/C17H17N5O2S2/c1-9-12(10(2)20-15(24)13(9)8-19)4-5-14(23)22-17-21-11(3)16(26-17)25-7-6-18/h4-5,7H2,1-3H3,(H,20,24)(H,21,22,23). The molecule has 0 aliphatic carbocycles. The van der Waals surface area contributed by atoms with E-state index in [0.29, 0.717) is 28.6 Å². The Balaban J connectivity index is 2.05. The average molecular weight is 387 g/mol. The van der Waals surface area contributed by atoms with E-state index in [2.05, 4.69) is 21.4 Å².